The van der Waals surface area contributed by atoms with E-state index in [-0.39, 0.29) is 54.3 Å². The van der Waals surface area contributed by atoms with Crippen LogP contribution in [0.4, 0.5) is 28.8 Å². The van der Waals surface area contributed by atoms with E-state index in [1.807, 2.05) is 36.4 Å². The lowest BCUT2D eigenvalue weighted by Crippen LogP contribution is -2.26. The molecule has 0 aromatic heterocycles. The van der Waals surface area contributed by atoms with Crippen molar-refractivity contribution < 1.29 is 99.8 Å². The maximum absolute atomic E-state index is 13.0. The lowest BCUT2D eigenvalue weighted by molar-refractivity contribution is 0.0175. The van der Waals surface area contributed by atoms with Crippen molar-refractivity contribution in [2.45, 2.75) is 190 Å². The summed E-state index contributed by atoms with van der Waals surface area (Å²) in [6.45, 7) is 32.4. The first-order valence-electron chi connectivity index (χ1n) is 29.6. The van der Waals surface area contributed by atoms with Gasteiger partial charge in [-0.15, -0.1) is 0 Å². The van der Waals surface area contributed by atoms with Crippen LogP contribution in [0, 0.1) is 0 Å². The van der Waals surface area contributed by atoms with Gasteiger partial charge in [0.15, 0.2) is 0 Å². The number of carbonyl (C=O) groups is 6. The van der Waals surface area contributed by atoms with Crippen molar-refractivity contribution in [2.75, 3.05) is 0 Å². The molecule has 6 rings (SSSR count). The first kappa shape index (κ1) is 71.4. The molecule has 6 aromatic rings. The molecule has 6 aromatic carbocycles. The Bertz CT molecular complexity index is 3170. The Kier molecular flexibility index (Phi) is 22.6. The predicted octanol–water partition coefficient (Wildman–Crippen LogP) is 17.7. The van der Waals surface area contributed by atoms with Crippen molar-refractivity contribution in [1.82, 2.24) is 0 Å². The molecule has 0 saturated heterocycles. The standard InChI is InChI=1S/C71H84O21/c1-65(2,3)87-59(72)81-53-29-20-44(56(38-53)84-62(75)90-68(10,11)12)41-78-50-32-23-47(24-33-50)71(19,48-25-34-51(35-26-48)79-42-45-21-30-54(82-60(73)88-66(4,5)6)39-57(45)85-63(76)91-69(13,14)15)49-27-36-52(37-28-49)80-43-46-22-31-55(83-61(74)89-67(7,8)9)40-58(46)86-64(77)92-70(16,17)18/h20-40H,41-43H2,1-19H3. The molecule has 0 radical (unpaired) electrons. The molecule has 92 heavy (non-hydrogen) atoms. The van der Waals surface area contributed by atoms with E-state index in [1.54, 1.807) is 179 Å². The number of carbonyl (C=O) groups excluding carboxylic acids is 6. The highest BCUT2D eigenvalue weighted by molar-refractivity contribution is 5.70. The number of hydrogen-bond donors (Lipinski definition) is 0. The van der Waals surface area contributed by atoms with E-state index in [4.69, 9.17) is 71.1 Å². The quantitative estimate of drug-likeness (QED) is 0.0336. The van der Waals surface area contributed by atoms with E-state index >= 15 is 0 Å². The van der Waals surface area contributed by atoms with Crippen LogP contribution in [0.3, 0.4) is 0 Å². The third-order valence-corrected chi connectivity index (χ3v) is 12.1. The molecule has 0 heterocycles. The minimum atomic E-state index is -0.980. The van der Waals surface area contributed by atoms with Crippen molar-refractivity contribution in [3.63, 3.8) is 0 Å². The van der Waals surface area contributed by atoms with E-state index in [1.165, 1.54) is 36.4 Å². The average molecular weight is 1270 g/mol. The summed E-state index contributed by atoms with van der Waals surface area (Å²) in [5.41, 5.74) is -2.17. The van der Waals surface area contributed by atoms with Crippen LogP contribution in [-0.4, -0.2) is 70.5 Å². The minimum Gasteiger partial charge on any atom is -0.489 e. The summed E-state index contributed by atoms with van der Waals surface area (Å²) in [5, 5.41) is 0. The average Bonchev–Trinajstić information content (AvgIpc) is 0.775. The fraction of sp³-hybridized carbons (Fsp3) is 0.408. The van der Waals surface area contributed by atoms with E-state index < -0.39 is 76.0 Å². The van der Waals surface area contributed by atoms with Crippen molar-refractivity contribution in [3.8, 4) is 51.7 Å². The Morgan fingerprint density at radius 2 is 0.435 bits per heavy atom. The van der Waals surface area contributed by atoms with Gasteiger partial charge in [-0.2, -0.15) is 0 Å². The number of rotatable bonds is 18. The van der Waals surface area contributed by atoms with Crippen molar-refractivity contribution >= 4 is 36.9 Å². The third-order valence-electron chi connectivity index (χ3n) is 12.1. The molecule has 0 N–H and O–H groups in total. The summed E-state index contributed by atoms with van der Waals surface area (Å²) in [6.07, 6.45) is -5.78. The highest BCUT2D eigenvalue weighted by Crippen LogP contribution is 2.42. The van der Waals surface area contributed by atoms with Crippen LogP contribution in [-0.2, 0) is 53.7 Å². The highest BCUT2D eigenvalue weighted by Gasteiger charge is 2.33. The molecule has 0 aliphatic heterocycles. The van der Waals surface area contributed by atoms with Gasteiger partial charge in [-0.05, 0) is 221 Å². The van der Waals surface area contributed by atoms with Crippen molar-refractivity contribution in [1.29, 1.82) is 0 Å². The molecule has 0 saturated carbocycles. The monoisotopic (exact) mass is 1270 g/mol. The summed E-state index contributed by atoms with van der Waals surface area (Å²) in [6, 6.07) is 35.8. The fourth-order valence-electron chi connectivity index (χ4n) is 8.26. The van der Waals surface area contributed by atoms with Gasteiger partial charge in [0, 0.05) is 40.3 Å². The molecular weight excluding hydrogens is 1190 g/mol. The molecule has 0 fully saturated rings. The van der Waals surface area contributed by atoms with Crippen LogP contribution < -0.4 is 42.6 Å². The normalized spacial score (nSPS) is 12.0. The molecule has 21 nitrogen and oxygen atoms in total. The van der Waals surface area contributed by atoms with E-state index in [9.17, 15) is 28.8 Å². The maximum Gasteiger partial charge on any atom is 0.514 e. The summed E-state index contributed by atoms with van der Waals surface area (Å²) in [4.78, 5) is 76.6. The predicted molar refractivity (Wildman–Crippen MR) is 338 cm³/mol. The Balaban J connectivity index is 1.31. The molecule has 494 valence electrons. The number of hydrogen-bond acceptors (Lipinski definition) is 21. The zero-order valence-electron chi connectivity index (χ0n) is 55.8. The van der Waals surface area contributed by atoms with Gasteiger partial charge in [-0.25, -0.2) is 28.8 Å². The summed E-state index contributed by atoms with van der Waals surface area (Å²) in [7, 11) is 0. The Hall–Kier alpha value is -9.66. The van der Waals surface area contributed by atoms with Crippen LogP contribution in [0.1, 0.15) is 165 Å². The van der Waals surface area contributed by atoms with Gasteiger partial charge in [0.2, 0.25) is 0 Å². The number of ether oxygens (including phenoxy) is 15. The van der Waals surface area contributed by atoms with Crippen LogP contribution >= 0.6 is 0 Å². The molecule has 0 atom stereocenters. The van der Waals surface area contributed by atoms with Gasteiger partial charge < -0.3 is 71.1 Å². The van der Waals surface area contributed by atoms with E-state index in [0.717, 1.165) is 16.7 Å². The van der Waals surface area contributed by atoms with Gasteiger partial charge in [0.05, 0.1) is 0 Å². The third kappa shape index (κ3) is 23.6. The van der Waals surface area contributed by atoms with E-state index in [2.05, 4.69) is 6.92 Å². The minimum absolute atomic E-state index is 0.0269. The Morgan fingerprint density at radius 1 is 0.250 bits per heavy atom. The molecular formula is C71H84O21. The SMILES string of the molecule is CC(C)(C)OC(=O)Oc1ccc(COc2ccc(C(C)(c3ccc(OCc4ccc(OC(=O)OC(C)(C)C)cc4OC(=O)OC(C)(C)C)cc3)c3ccc(OCc4ccc(OC(=O)OC(C)(C)C)cc4OC(=O)OC(C)(C)C)cc3)cc2)c(OC(=O)OC(C)(C)C)c1. The largest absolute Gasteiger partial charge is 0.514 e. The Labute approximate surface area is 537 Å². The fourth-order valence-corrected chi connectivity index (χ4v) is 8.26. The summed E-state index contributed by atoms with van der Waals surface area (Å²) >= 11 is 0. The zero-order valence-corrected chi connectivity index (χ0v) is 55.8. The lowest BCUT2D eigenvalue weighted by atomic mass is 9.71. The van der Waals surface area contributed by atoms with Gasteiger partial charge in [-0.3, -0.25) is 0 Å². The van der Waals surface area contributed by atoms with Crippen LogP contribution in [0.15, 0.2) is 127 Å². The summed E-state index contributed by atoms with van der Waals surface area (Å²) in [5.74, 6) is 1.62. The zero-order chi connectivity index (χ0) is 68.2. The van der Waals surface area contributed by atoms with Crippen LogP contribution in [0.2, 0.25) is 0 Å². The van der Waals surface area contributed by atoms with Crippen molar-refractivity contribution in [3.05, 3.63) is 161 Å². The summed E-state index contributed by atoms with van der Waals surface area (Å²) < 4.78 is 84.2. The van der Waals surface area contributed by atoms with Gasteiger partial charge >= 0.3 is 36.9 Å². The maximum atomic E-state index is 13.0. The van der Waals surface area contributed by atoms with Crippen LogP contribution in [0.5, 0.6) is 51.7 Å². The smallest absolute Gasteiger partial charge is 0.489 e. The molecule has 0 aliphatic carbocycles. The molecule has 0 aliphatic rings. The second kappa shape index (κ2) is 29.1. The topological polar surface area (TPSA) is 241 Å². The molecule has 0 unspecified atom stereocenters. The number of benzene rings is 6. The van der Waals surface area contributed by atoms with Crippen molar-refractivity contribution in [2.24, 2.45) is 0 Å². The molecule has 21 heteroatoms. The first-order chi connectivity index (χ1) is 42.5. The first-order valence-corrected chi connectivity index (χ1v) is 29.6. The second-order valence-electron chi connectivity index (χ2n) is 27.3. The van der Waals surface area contributed by atoms with Crippen LogP contribution in [0.25, 0.3) is 0 Å². The van der Waals surface area contributed by atoms with Gasteiger partial charge in [0.25, 0.3) is 0 Å². The highest BCUT2D eigenvalue weighted by atomic mass is 16.8. The van der Waals surface area contributed by atoms with Gasteiger partial charge in [0.1, 0.15) is 105 Å². The van der Waals surface area contributed by atoms with Gasteiger partial charge in [-0.1, -0.05) is 36.4 Å². The molecule has 0 spiro atoms. The molecule has 0 amide bonds. The molecule has 0 bridgehead atoms. The second-order valence-corrected chi connectivity index (χ2v) is 27.3. The lowest BCUT2D eigenvalue weighted by Gasteiger charge is -2.32. The Morgan fingerprint density at radius 3 is 0.630 bits per heavy atom. The van der Waals surface area contributed by atoms with E-state index in [0.29, 0.717) is 33.9 Å².